The Bertz CT molecular complexity index is 3650. The third-order valence-electron chi connectivity index (χ3n) is 21.0. The van der Waals surface area contributed by atoms with E-state index in [0.29, 0.717) is 63.8 Å². The van der Waals surface area contributed by atoms with Crippen LogP contribution in [0.4, 0.5) is 0 Å². The fourth-order valence-electron chi connectivity index (χ4n) is 14.4. The zero-order chi connectivity index (χ0) is 70.6. The van der Waals surface area contributed by atoms with Gasteiger partial charge in [0.2, 0.25) is 0 Å². The molecular weight excluding hydrogens is 1540 g/mol. The molecule has 0 atom stereocenters. The molecule has 100 heavy (non-hydrogen) atoms. The van der Waals surface area contributed by atoms with E-state index >= 15 is 0 Å². The van der Waals surface area contributed by atoms with E-state index in [4.69, 9.17) is 0 Å². The molecule has 12 aromatic rings. The number of aryl methyl sites for hydroxylation is 10. The number of halogens is 1. The van der Waals surface area contributed by atoms with Crippen LogP contribution in [0.1, 0.15) is 284 Å². The molecule has 0 radical (unpaired) electrons. The average molecular weight is 1660 g/mol. The summed E-state index contributed by atoms with van der Waals surface area (Å²) >= 11 is 5.83. The van der Waals surface area contributed by atoms with E-state index in [2.05, 4.69) is 194 Å². The Kier molecular flexibility index (Phi) is 34.4. The van der Waals surface area contributed by atoms with Crippen molar-refractivity contribution in [2.24, 2.45) is 0 Å². The second-order valence-corrected chi connectivity index (χ2v) is 40.5. The quantitative estimate of drug-likeness (QED) is 0.0307. The number of phenolic OH excluding ortho intramolecular Hbond substituents is 1. The van der Waals surface area contributed by atoms with E-state index in [1.165, 1.54) is 327 Å². The summed E-state index contributed by atoms with van der Waals surface area (Å²) in [6.45, 7) is 22.2. The molecule has 0 unspecified atom stereocenters. The standard InChI is InChI=1S/2C24H32Se.C23H29BrSe.C23H30OSe/c2*1-4-5-6-7-8-9-10-11-12-23-16-22-15-20-13-18(2)19(3)14-21(20)17-24(22)25-23;1-3-4-5-6-7-8-9-10-11-21-14-20-13-18-12-17(2)22(24)15-19(18)16-23(20)25-21;1-3-4-5-6-7-8-9-10-11-21-14-20-13-19-15-22(24)17(2)12-18(19)16-23(20)25-21/h2*13-17H,4-12H2,1-3H3;12-16H,3-11H2,1-2H3;12-16,24H,3-11H2,1-2H3. The molecule has 6 heteroatoms. The van der Waals surface area contributed by atoms with Crippen molar-refractivity contribution in [3.8, 4) is 5.75 Å². The Morgan fingerprint density at radius 2 is 0.430 bits per heavy atom. The Morgan fingerprint density at radius 1 is 0.220 bits per heavy atom. The van der Waals surface area contributed by atoms with Gasteiger partial charge in [0.05, 0.1) is 0 Å². The Morgan fingerprint density at radius 3 is 0.700 bits per heavy atom. The molecule has 8 aromatic carbocycles. The number of benzene rings is 8. The van der Waals surface area contributed by atoms with Crippen molar-refractivity contribution in [2.45, 2.75) is 300 Å². The van der Waals surface area contributed by atoms with E-state index in [1.807, 2.05) is 13.0 Å². The van der Waals surface area contributed by atoms with Crippen molar-refractivity contribution in [1.82, 2.24) is 0 Å². The van der Waals surface area contributed by atoms with Crippen molar-refractivity contribution < 1.29 is 5.11 Å². The summed E-state index contributed by atoms with van der Waals surface area (Å²) in [6, 6.07) is 47.0. The third kappa shape index (κ3) is 25.2. The first-order chi connectivity index (χ1) is 48.7. The van der Waals surface area contributed by atoms with Gasteiger partial charge in [-0.1, -0.05) is 0 Å². The molecular formula is C94H123BrOSe4. The van der Waals surface area contributed by atoms with Crippen LogP contribution in [0.3, 0.4) is 0 Å². The molecule has 1 nitrogen and oxygen atoms in total. The summed E-state index contributed by atoms with van der Waals surface area (Å²) in [4.78, 5) is 0. The van der Waals surface area contributed by atoms with Crippen molar-refractivity contribution >= 4 is 156 Å². The summed E-state index contributed by atoms with van der Waals surface area (Å²) in [7, 11) is 0. The zero-order valence-electron chi connectivity index (χ0n) is 63.5. The molecule has 0 amide bonds. The number of phenols is 1. The molecule has 12 rings (SSSR count). The number of hydrogen-bond donors (Lipinski definition) is 1. The summed E-state index contributed by atoms with van der Waals surface area (Å²) < 4.78 is 14.2. The average Bonchev–Trinajstić information content (AvgIpc) is 1.54. The predicted octanol–water partition coefficient (Wildman–Crippen LogP) is 29.3. The Balaban J connectivity index is 0.000000156. The third-order valence-corrected chi connectivity index (χ3v) is 31.6. The predicted molar refractivity (Wildman–Crippen MR) is 457 cm³/mol. The van der Waals surface area contributed by atoms with Crippen molar-refractivity contribution in [2.75, 3.05) is 0 Å². The molecule has 4 heterocycles. The van der Waals surface area contributed by atoms with Gasteiger partial charge in [-0.3, -0.25) is 0 Å². The minimum atomic E-state index is 0.402. The number of rotatable bonds is 36. The van der Waals surface area contributed by atoms with Crippen LogP contribution in [0, 0.1) is 41.5 Å². The first-order valence-corrected chi connectivity index (χ1v) is 47.5. The van der Waals surface area contributed by atoms with Gasteiger partial charge in [-0.05, 0) is 0 Å². The second-order valence-electron chi connectivity index (χ2n) is 29.8. The van der Waals surface area contributed by atoms with Crippen LogP contribution >= 0.6 is 15.9 Å². The van der Waals surface area contributed by atoms with Gasteiger partial charge < -0.3 is 0 Å². The zero-order valence-corrected chi connectivity index (χ0v) is 71.9. The Labute approximate surface area is 638 Å². The van der Waals surface area contributed by atoms with Gasteiger partial charge in [0, 0.05) is 0 Å². The van der Waals surface area contributed by atoms with E-state index in [0.717, 1.165) is 10.9 Å². The van der Waals surface area contributed by atoms with Crippen molar-refractivity contribution in [1.29, 1.82) is 0 Å². The first kappa shape index (κ1) is 80.2. The van der Waals surface area contributed by atoms with Crippen LogP contribution in [0.15, 0.2) is 126 Å². The molecule has 4 aromatic heterocycles. The molecule has 0 spiro atoms. The summed E-state index contributed by atoms with van der Waals surface area (Å²) in [5, 5.41) is 26.6. The van der Waals surface area contributed by atoms with Crippen molar-refractivity contribution in [3.05, 3.63) is 177 Å². The molecule has 0 aliphatic carbocycles. The fraction of sp³-hybridized carbons (Fsp3) is 0.489. The fourth-order valence-corrected chi connectivity index (χ4v) is 24.3. The van der Waals surface area contributed by atoms with Crippen LogP contribution in [-0.4, -0.2) is 63.1 Å². The van der Waals surface area contributed by atoms with E-state index in [9.17, 15) is 5.11 Å². The van der Waals surface area contributed by atoms with E-state index in [-0.39, 0.29) is 0 Å². The molecule has 0 saturated carbocycles. The normalized spacial score (nSPS) is 11.6. The molecule has 0 aliphatic rings. The maximum absolute atomic E-state index is 9.94. The number of hydrogen-bond acceptors (Lipinski definition) is 1. The van der Waals surface area contributed by atoms with Gasteiger partial charge in [0.25, 0.3) is 0 Å². The molecule has 0 fully saturated rings. The monoisotopic (exact) mass is 1670 g/mol. The second kappa shape index (κ2) is 42.9. The number of fused-ring (bicyclic) bond motifs is 8. The van der Waals surface area contributed by atoms with Gasteiger partial charge in [-0.15, -0.1) is 0 Å². The van der Waals surface area contributed by atoms with Gasteiger partial charge in [-0.25, -0.2) is 0 Å². The van der Waals surface area contributed by atoms with Crippen LogP contribution in [0.25, 0.3) is 81.7 Å². The van der Waals surface area contributed by atoms with Gasteiger partial charge in [0.15, 0.2) is 0 Å². The van der Waals surface area contributed by atoms with Crippen LogP contribution < -0.4 is 0 Å². The molecule has 536 valence electrons. The van der Waals surface area contributed by atoms with Crippen LogP contribution in [0.2, 0.25) is 0 Å². The van der Waals surface area contributed by atoms with E-state index < -0.39 is 0 Å². The maximum atomic E-state index is 9.94. The SMILES string of the molecule is CCCCCCCCCCc1cc2cc3cc(C)c(Br)cc3cc2[se]1.CCCCCCCCCCc1cc2cc3cc(C)c(C)cc3cc2[se]1.CCCCCCCCCCc1cc2cc3cc(C)c(C)cc3cc2[se]1.CCCCCCCCCCc1cc2cc3cc(O)c(C)cc3cc2[se]1. The molecule has 0 bridgehead atoms. The molecule has 0 saturated heterocycles. The van der Waals surface area contributed by atoms with E-state index in [1.54, 1.807) is 30.5 Å². The van der Waals surface area contributed by atoms with Gasteiger partial charge in [-0.2, -0.15) is 0 Å². The summed E-state index contributed by atoms with van der Waals surface area (Å²) in [6.07, 6.45) is 50.2. The van der Waals surface area contributed by atoms with Gasteiger partial charge in [0.1, 0.15) is 0 Å². The van der Waals surface area contributed by atoms with Gasteiger partial charge >= 0.3 is 644 Å². The first-order valence-electron chi connectivity index (χ1n) is 39.8. The summed E-state index contributed by atoms with van der Waals surface area (Å²) in [5.74, 6) is 0.402. The molecule has 0 aliphatic heterocycles. The number of unbranched alkanes of at least 4 members (excludes halogenated alkanes) is 28. The van der Waals surface area contributed by atoms with Crippen LogP contribution in [-0.2, 0) is 25.7 Å². The topological polar surface area (TPSA) is 20.2 Å². The van der Waals surface area contributed by atoms with Crippen molar-refractivity contribution in [3.63, 3.8) is 0 Å². The molecule has 1 N–H and O–H groups in total. The Hall–Kier alpha value is -3.88. The van der Waals surface area contributed by atoms with Crippen LogP contribution in [0.5, 0.6) is 5.75 Å². The number of aromatic hydroxyl groups is 1. The summed E-state index contributed by atoms with van der Waals surface area (Å²) in [5.41, 5.74) is 7.90. The minimum absolute atomic E-state index is 0.402.